The van der Waals surface area contributed by atoms with Crippen LogP contribution in [0.5, 0.6) is 5.75 Å². The zero-order valence-electron chi connectivity index (χ0n) is 19.4. The molecule has 0 spiro atoms. The molecule has 2 heterocycles. The molecule has 5 rings (SSSR count). The highest BCUT2D eigenvalue weighted by Crippen LogP contribution is 2.53. The largest absolute Gasteiger partial charge is 0.497 e. The van der Waals surface area contributed by atoms with E-state index in [4.69, 9.17) is 32.7 Å². The van der Waals surface area contributed by atoms with Crippen LogP contribution in [0, 0.1) is 11.8 Å². The Morgan fingerprint density at radius 3 is 1.97 bits per heavy atom. The minimum Gasteiger partial charge on any atom is -0.497 e. The van der Waals surface area contributed by atoms with E-state index in [0.717, 1.165) is 4.90 Å². The first kappa shape index (κ1) is 24.3. The number of carbonyl (C=O) groups excluding carboxylic acids is 3. The second-order valence-corrected chi connectivity index (χ2v) is 9.56. The predicted molar refractivity (Wildman–Crippen MR) is 135 cm³/mol. The summed E-state index contributed by atoms with van der Waals surface area (Å²) in [5.41, 5.74) is 0.343. The van der Waals surface area contributed by atoms with Gasteiger partial charge in [0, 0.05) is 10.0 Å². The van der Waals surface area contributed by atoms with Crippen molar-refractivity contribution in [3.8, 4) is 5.75 Å². The van der Waals surface area contributed by atoms with Crippen molar-refractivity contribution in [3.05, 3.63) is 94.0 Å². The normalized spacial score (nSPS) is 22.4. The van der Waals surface area contributed by atoms with Crippen molar-refractivity contribution in [3.63, 3.8) is 0 Å². The molecule has 0 aromatic heterocycles. The van der Waals surface area contributed by atoms with Crippen LogP contribution in [0.4, 0.5) is 5.69 Å². The van der Waals surface area contributed by atoms with Crippen molar-refractivity contribution >= 4 is 46.7 Å². The SMILES string of the molecule is COC(=O)C1NC(c2cccc(Cl)c2)(c2cccc(Cl)c2)C2C(=O)N(c3ccc(OC)cc3)C(=O)C12. The van der Waals surface area contributed by atoms with E-state index >= 15 is 0 Å². The zero-order valence-corrected chi connectivity index (χ0v) is 20.9. The van der Waals surface area contributed by atoms with E-state index in [1.807, 2.05) is 12.1 Å². The number of rotatable bonds is 5. The Labute approximate surface area is 217 Å². The number of anilines is 1. The standard InChI is InChI=1S/C27H22Cl2N2O5/c1-35-20-11-9-19(10-12-20)31-24(32)21-22(25(31)33)27(30-23(21)26(34)36-2,15-5-3-7-17(28)13-15)16-6-4-8-18(29)14-16/h3-14,21-23,30H,1-2H3. The topological polar surface area (TPSA) is 84.9 Å². The lowest BCUT2D eigenvalue weighted by atomic mass is 9.71. The number of methoxy groups -OCH3 is 2. The van der Waals surface area contributed by atoms with Gasteiger partial charge in [-0.15, -0.1) is 0 Å². The maximum Gasteiger partial charge on any atom is 0.323 e. The third-order valence-electron chi connectivity index (χ3n) is 6.91. The highest BCUT2D eigenvalue weighted by atomic mass is 35.5. The Balaban J connectivity index is 1.75. The van der Waals surface area contributed by atoms with Gasteiger partial charge in [-0.1, -0.05) is 47.5 Å². The third-order valence-corrected chi connectivity index (χ3v) is 7.38. The number of nitrogens with zero attached hydrogens (tertiary/aromatic N) is 1. The van der Waals surface area contributed by atoms with Gasteiger partial charge in [0.25, 0.3) is 0 Å². The van der Waals surface area contributed by atoms with Crippen LogP contribution in [-0.4, -0.2) is 38.0 Å². The maximum atomic E-state index is 14.2. The van der Waals surface area contributed by atoms with Gasteiger partial charge in [-0.05, 0) is 59.7 Å². The molecule has 2 aliphatic heterocycles. The summed E-state index contributed by atoms with van der Waals surface area (Å²) in [6.07, 6.45) is 0. The Morgan fingerprint density at radius 2 is 1.47 bits per heavy atom. The fraction of sp³-hybridized carbons (Fsp3) is 0.222. The smallest absolute Gasteiger partial charge is 0.323 e. The molecule has 36 heavy (non-hydrogen) atoms. The molecular weight excluding hydrogens is 503 g/mol. The van der Waals surface area contributed by atoms with Crippen LogP contribution in [0.15, 0.2) is 72.8 Å². The van der Waals surface area contributed by atoms with Gasteiger partial charge in [0.2, 0.25) is 11.8 Å². The van der Waals surface area contributed by atoms with Crippen molar-refractivity contribution in [1.82, 2.24) is 5.32 Å². The van der Waals surface area contributed by atoms with Crippen molar-refractivity contribution in [2.75, 3.05) is 19.1 Å². The molecule has 3 aromatic carbocycles. The number of amides is 2. The third kappa shape index (κ3) is 3.66. The number of ether oxygens (including phenoxy) is 2. The van der Waals surface area contributed by atoms with E-state index in [2.05, 4.69) is 5.32 Å². The fourth-order valence-corrected chi connectivity index (χ4v) is 5.77. The van der Waals surface area contributed by atoms with E-state index in [-0.39, 0.29) is 0 Å². The average molecular weight is 525 g/mol. The number of hydrogen-bond acceptors (Lipinski definition) is 6. The zero-order chi connectivity index (χ0) is 25.6. The van der Waals surface area contributed by atoms with Gasteiger partial charge in [-0.2, -0.15) is 0 Å². The Hall–Kier alpha value is -3.39. The monoisotopic (exact) mass is 524 g/mol. The van der Waals surface area contributed by atoms with E-state index < -0.39 is 41.2 Å². The van der Waals surface area contributed by atoms with Crippen LogP contribution in [-0.2, 0) is 24.7 Å². The molecule has 1 N–H and O–H groups in total. The lowest BCUT2D eigenvalue weighted by Crippen LogP contribution is -2.52. The highest BCUT2D eigenvalue weighted by molar-refractivity contribution is 6.31. The molecule has 3 unspecified atom stereocenters. The molecule has 0 bridgehead atoms. The summed E-state index contributed by atoms with van der Waals surface area (Å²) < 4.78 is 10.3. The first-order valence-electron chi connectivity index (χ1n) is 11.2. The summed E-state index contributed by atoms with van der Waals surface area (Å²) in [5, 5.41) is 4.20. The van der Waals surface area contributed by atoms with Gasteiger partial charge < -0.3 is 9.47 Å². The van der Waals surface area contributed by atoms with Crippen molar-refractivity contribution < 1.29 is 23.9 Å². The first-order valence-corrected chi connectivity index (χ1v) is 12.0. The number of nitrogens with one attached hydrogen (secondary N) is 1. The summed E-state index contributed by atoms with van der Waals surface area (Å²) in [6, 6.07) is 19.5. The van der Waals surface area contributed by atoms with Gasteiger partial charge in [-0.25, -0.2) is 4.90 Å². The molecule has 0 radical (unpaired) electrons. The molecule has 3 atom stereocenters. The number of imide groups is 1. The Bertz CT molecular complexity index is 1310. The van der Waals surface area contributed by atoms with Crippen molar-refractivity contribution in [2.45, 2.75) is 11.6 Å². The summed E-state index contributed by atoms with van der Waals surface area (Å²) >= 11 is 12.7. The Kier molecular flexibility index (Phi) is 6.24. The summed E-state index contributed by atoms with van der Waals surface area (Å²) in [4.78, 5) is 42.1. The molecule has 2 aliphatic rings. The average Bonchev–Trinajstić information content (AvgIpc) is 3.38. The molecule has 0 aliphatic carbocycles. The predicted octanol–water partition coefficient (Wildman–Crippen LogP) is 4.20. The van der Waals surface area contributed by atoms with E-state index in [1.54, 1.807) is 60.7 Å². The quantitative estimate of drug-likeness (QED) is 0.397. The number of benzene rings is 3. The lowest BCUT2D eigenvalue weighted by Gasteiger charge is -2.36. The molecule has 2 saturated heterocycles. The summed E-state index contributed by atoms with van der Waals surface area (Å²) in [6.45, 7) is 0. The van der Waals surface area contributed by atoms with E-state index in [0.29, 0.717) is 32.6 Å². The van der Waals surface area contributed by atoms with Crippen LogP contribution in [0.25, 0.3) is 0 Å². The van der Waals surface area contributed by atoms with Crippen LogP contribution in [0.1, 0.15) is 11.1 Å². The van der Waals surface area contributed by atoms with E-state index in [9.17, 15) is 14.4 Å². The summed E-state index contributed by atoms with van der Waals surface area (Å²) in [7, 11) is 2.78. The number of fused-ring (bicyclic) bond motifs is 1. The first-order chi connectivity index (χ1) is 17.3. The van der Waals surface area contributed by atoms with Gasteiger partial charge in [0.1, 0.15) is 11.8 Å². The maximum absolute atomic E-state index is 14.2. The fourth-order valence-electron chi connectivity index (χ4n) is 5.39. The second-order valence-electron chi connectivity index (χ2n) is 8.69. The molecule has 0 saturated carbocycles. The van der Waals surface area contributed by atoms with E-state index in [1.165, 1.54) is 14.2 Å². The van der Waals surface area contributed by atoms with Gasteiger partial charge >= 0.3 is 5.97 Å². The van der Waals surface area contributed by atoms with Crippen molar-refractivity contribution in [1.29, 1.82) is 0 Å². The molecule has 2 amide bonds. The number of hydrogen-bond donors (Lipinski definition) is 1. The molecular formula is C27H22Cl2N2O5. The molecule has 3 aromatic rings. The van der Waals surface area contributed by atoms with Crippen molar-refractivity contribution in [2.24, 2.45) is 11.8 Å². The van der Waals surface area contributed by atoms with Crippen LogP contribution >= 0.6 is 23.2 Å². The molecule has 9 heteroatoms. The molecule has 2 fully saturated rings. The Morgan fingerprint density at radius 1 is 0.889 bits per heavy atom. The van der Waals surface area contributed by atoms with Crippen LogP contribution in [0.2, 0.25) is 10.0 Å². The van der Waals surface area contributed by atoms with Gasteiger partial charge in [0.05, 0.1) is 37.3 Å². The molecule has 184 valence electrons. The number of halogens is 2. The minimum atomic E-state index is -1.28. The molecule has 7 nitrogen and oxygen atoms in total. The highest BCUT2D eigenvalue weighted by Gasteiger charge is 2.68. The number of esters is 1. The van der Waals surface area contributed by atoms with Gasteiger partial charge in [0.15, 0.2) is 0 Å². The van der Waals surface area contributed by atoms with Crippen LogP contribution < -0.4 is 15.0 Å². The van der Waals surface area contributed by atoms with Gasteiger partial charge in [-0.3, -0.25) is 19.7 Å². The lowest BCUT2D eigenvalue weighted by molar-refractivity contribution is -0.145. The van der Waals surface area contributed by atoms with Crippen LogP contribution in [0.3, 0.4) is 0 Å². The second kappa shape index (κ2) is 9.24. The summed E-state index contributed by atoms with van der Waals surface area (Å²) in [5.74, 6) is -3.01. The number of carbonyl (C=O) groups is 3. The minimum absolute atomic E-state index is 0.384.